The molecule has 8 saturated heterocycles. The number of carbonyl (C=O) groups is 3. The monoisotopic (exact) mass is 1580 g/mol. The maximum atomic E-state index is 14.0. The third kappa shape index (κ3) is 19.6. The Bertz CT molecular complexity index is 2820. The van der Waals surface area contributed by atoms with E-state index >= 15 is 0 Å². The van der Waals surface area contributed by atoms with Gasteiger partial charge in [0.1, 0.15) is 189 Å². The first kappa shape index (κ1) is 90.3. The summed E-state index contributed by atoms with van der Waals surface area (Å²) in [5, 5.41) is 292. The average Bonchev–Trinajstić information content (AvgIpc) is 0.752. The average molecular weight is 1590 g/mol. The van der Waals surface area contributed by atoms with Crippen molar-refractivity contribution in [3.05, 3.63) is 0 Å². The molecule has 108 heavy (non-hydrogen) atoms. The highest BCUT2D eigenvalue weighted by molar-refractivity contribution is 5.76. The third-order valence-electron chi connectivity index (χ3n) is 20.0. The van der Waals surface area contributed by atoms with Gasteiger partial charge >= 0.3 is 5.97 Å². The molecule has 47 nitrogen and oxygen atoms in total. The van der Waals surface area contributed by atoms with E-state index in [-0.39, 0.29) is 0 Å². The van der Waals surface area contributed by atoms with Crippen molar-refractivity contribution in [2.75, 3.05) is 39.6 Å². The summed E-state index contributed by atoms with van der Waals surface area (Å²) in [7, 11) is 0. The van der Waals surface area contributed by atoms with E-state index in [2.05, 4.69) is 10.6 Å². The molecule has 47 heteroatoms. The van der Waals surface area contributed by atoms with E-state index in [1.807, 2.05) is 0 Å². The zero-order chi connectivity index (χ0) is 80.3. The Kier molecular flexibility index (Phi) is 32.2. The molecule has 2 amide bonds. The predicted molar refractivity (Wildman–Crippen MR) is 334 cm³/mol. The first-order chi connectivity index (χ1) is 50.7. The molecule has 8 rings (SSSR count). The minimum Gasteiger partial charge on any atom is -0.477 e. The molecule has 0 spiro atoms. The van der Waals surface area contributed by atoms with Crippen LogP contribution in [0.5, 0.6) is 0 Å². The van der Waals surface area contributed by atoms with Crippen LogP contribution in [-0.2, 0) is 90.2 Å². The summed E-state index contributed by atoms with van der Waals surface area (Å²) in [5.41, 5.74) is 0. The molecule has 0 saturated carbocycles. The second kappa shape index (κ2) is 38.5. The van der Waals surface area contributed by atoms with Crippen molar-refractivity contribution in [1.29, 1.82) is 0 Å². The maximum Gasteiger partial charge on any atom is 0.364 e. The van der Waals surface area contributed by atoms with E-state index < -0.39 is 339 Å². The Balaban J connectivity index is 1.10. The van der Waals surface area contributed by atoms with Crippen LogP contribution in [0.15, 0.2) is 0 Å². The predicted octanol–water partition coefficient (Wildman–Crippen LogP) is -17.4. The van der Waals surface area contributed by atoms with Gasteiger partial charge in [-0.1, -0.05) is 0 Å². The molecule has 628 valence electrons. The van der Waals surface area contributed by atoms with Gasteiger partial charge in [0.25, 0.3) is 5.79 Å². The number of carbonyl (C=O) groups excluding carboxylic acids is 2. The molecule has 8 aliphatic rings. The van der Waals surface area contributed by atoms with Crippen molar-refractivity contribution in [1.82, 2.24) is 10.6 Å². The van der Waals surface area contributed by atoms with Crippen molar-refractivity contribution in [3.63, 3.8) is 0 Å². The third-order valence-corrected chi connectivity index (χ3v) is 20.0. The van der Waals surface area contributed by atoms with Crippen LogP contribution in [-0.4, -0.2) is 466 Å². The van der Waals surface area contributed by atoms with E-state index in [0.717, 1.165) is 13.8 Å². The molecule has 0 aliphatic carbocycles. The van der Waals surface area contributed by atoms with E-state index in [1.54, 1.807) is 0 Å². The summed E-state index contributed by atoms with van der Waals surface area (Å²) < 4.78 is 94.2. The summed E-state index contributed by atoms with van der Waals surface area (Å²) in [4.78, 5) is 39.9. The summed E-state index contributed by atoms with van der Waals surface area (Å²) in [6, 6.07) is -3.81. The number of rotatable bonds is 30. The standard InChI is InChI=1S/C61H104N2O45/c1-14-28(73)37(82)41(86)54(94-14)104-48-27(63-19(6)70)53(101-26(12-68)47(48)103-57-44(89)40(85)34(79)24(10-66)99-57)93-13-22(72)33(78)46(20(8-64)62-18(5)69)102-58-45(90)50(36(81)25(11-67)100-58)108-61(60(91)92)7-23(35(80)49(107-61)32(77)21(71)9-65)98-59-52(106-56-43(88)39(84)30(75)16(3)96-56)51(31(76)17(4)97-59)105-55-42(87)38(83)29(74)15(2)95-55/h14-17,20-59,64-68,71-90H,7-13H2,1-6H3,(H,62,69)(H,63,70)(H,91,92)/t14-,15-,16-,17-,20-,21+,22+,23-,24+,25+,26+,27+,28+,29+,30+,31+,32+,33-,34-,35+,36-,37+,38+,39+,40-,41-,42-,43-,44+,45+,46+,47+,48+,49-,50-,51+,52-,53+,54-,55-,56-,57-,58-,59-,61-/m0/s1. The van der Waals surface area contributed by atoms with Gasteiger partial charge in [-0.05, 0) is 27.7 Å². The summed E-state index contributed by atoms with van der Waals surface area (Å²) in [6.07, 6.45) is -88.6. The lowest BCUT2D eigenvalue weighted by Gasteiger charge is -2.52. The molecule has 0 aromatic heterocycles. The van der Waals surface area contributed by atoms with Crippen LogP contribution in [0.2, 0.25) is 0 Å². The fourth-order valence-electron chi connectivity index (χ4n) is 13.7. The number of carboxylic acids is 1. The number of hydrogen-bond donors (Lipinski definition) is 28. The van der Waals surface area contributed by atoms with Gasteiger partial charge in [0.05, 0.1) is 76.2 Å². The summed E-state index contributed by atoms with van der Waals surface area (Å²) in [5.74, 6) is -7.83. The molecule has 45 atom stereocenters. The highest BCUT2D eigenvalue weighted by Crippen LogP contribution is 2.43. The Morgan fingerprint density at radius 2 is 0.880 bits per heavy atom. The lowest BCUT2D eigenvalue weighted by molar-refractivity contribution is -0.408. The quantitative estimate of drug-likeness (QED) is 0.0318. The molecule has 0 aromatic rings. The Morgan fingerprint density at radius 1 is 0.435 bits per heavy atom. The van der Waals surface area contributed by atoms with Crippen molar-refractivity contribution in [3.8, 4) is 0 Å². The lowest BCUT2D eigenvalue weighted by atomic mass is 9.89. The van der Waals surface area contributed by atoms with Gasteiger partial charge in [-0.15, -0.1) is 0 Å². The van der Waals surface area contributed by atoms with Crippen molar-refractivity contribution in [2.45, 2.75) is 324 Å². The molecule has 8 fully saturated rings. The highest BCUT2D eigenvalue weighted by atomic mass is 16.8. The molecule has 8 aliphatic heterocycles. The van der Waals surface area contributed by atoms with Gasteiger partial charge in [0, 0.05) is 20.3 Å². The van der Waals surface area contributed by atoms with E-state index in [9.17, 15) is 147 Å². The molecule has 0 unspecified atom stereocenters. The smallest absolute Gasteiger partial charge is 0.364 e. The van der Waals surface area contributed by atoms with Crippen LogP contribution in [0.1, 0.15) is 48.0 Å². The normalized spacial score (nSPS) is 47.9. The molecule has 0 radical (unpaired) electrons. The van der Waals surface area contributed by atoms with Crippen LogP contribution in [0, 0.1) is 0 Å². The zero-order valence-corrected chi connectivity index (χ0v) is 58.7. The highest BCUT2D eigenvalue weighted by Gasteiger charge is 2.63. The van der Waals surface area contributed by atoms with E-state index in [0.29, 0.717) is 0 Å². The molecule has 0 bridgehead atoms. The van der Waals surface area contributed by atoms with Crippen LogP contribution in [0.3, 0.4) is 0 Å². The van der Waals surface area contributed by atoms with Crippen molar-refractivity contribution >= 4 is 17.8 Å². The van der Waals surface area contributed by atoms with Gasteiger partial charge in [0.2, 0.25) is 11.8 Å². The largest absolute Gasteiger partial charge is 0.477 e. The summed E-state index contributed by atoms with van der Waals surface area (Å²) in [6.45, 7) is -0.478. The van der Waals surface area contributed by atoms with Crippen LogP contribution in [0.25, 0.3) is 0 Å². The fraction of sp³-hybridized carbons (Fsp3) is 0.951. The number of aliphatic carboxylic acids is 1. The SMILES string of the molecule is CC(=O)N[C@H]1[C@H](OC[C@@H](O)[C@H](O)[C@H](O[C@@H]2O[C@H](CO)[C@H](O)[C@H](O[C@]3(C(=O)O)C[C@H](O[C@@H]4O[C@@H](C)[C@@H](O)[C@@H](O[C@@H]5O[C@@H](C)[C@@H](O)[C@@H](O)[C@@H]5O)[C@@H]4O[C@@H]4O[C@@H](C)[C@@H](O)[C@@H](O)[C@@H]4O)[C@@H](O)[C@H]([C@H](O)[C@H](O)CO)O3)[C@H]2O)[C@H](CO)NC(C)=O)O[C@H](CO)[C@@H](O[C@@H]2O[C@H](CO)[C@H](O)[C@H](O)[C@H]2O)[C@@H]1O[C@@H]1O[C@@H](C)[C@@H](O)[C@@H](O)[C@@H]1O. The van der Waals surface area contributed by atoms with Gasteiger partial charge in [-0.25, -0.2) is 4.79 Å². The Labute approximate surface area is 613 Å². The van der Waals surface area contributed by atoms with Crippen LogP contribution >= 0.6 is 0 Å². The number of carboxylic acid groups (broad SMARTS) is 1. The molecular weight excluding hydrogens is 1480 g/mol. The number of aliphatic hydroxyl groups is 25. The first-order valence-electron chi connectivity index (χ1n) is 34.6. The van der Waals surface area contributed by atoms with Crippen molar-refractivity contribution in [2.24, 2.45) is 0 Å². The molecule has 0 aromatic carbocycles. The van der Waals surface area contributed by atoms with Gasteiger partial charge in [-0.3, -0.25) is 9.59 Å². The lowest BCUT2D eigenvalue weighted by Crippen LogP contribution is -2.70. The molecule has 28 N–H and O–H groups in total. The number of aliphatic hydroxyl groups excluding tert-OH is 25. The number of nitrogens with one attached hydrogen (secondary N) is 2. The second-order valence-electron chi connectivity index (χ2n) is 27.8. The minimum absolute atomic E-state index is 0.898. The minimum atomic E-state index is -3.60. The van der Waals surface area contributed by atoms with E-state index in [1.165, 1.54) is 27.7 Å². The van der Waals surface area contributed by atoms with Gasteiger partial charge in [0.15, 0.2) is 44.0 Å². The molecular formula is C61H104N2O45. The maximum absolute atomic E-state index is 14.0. The van der Waals surface area contributed by atoms with Gasteiger partial charge in [-0.2, -0.15) is 0 Å². The van der Waals surface area contributed by atoms with E-state index in [4.69, 9.17) is 75.8 Å². The molecule has 8 heterocycles. The Hall–Kier alpha value is -3.23. The number of ether oxygens (including phenoxy) is 16. The van der Waals surface area contributed by atoms with Crippen LogP contribution < -0.4 is 10.6 Å². The topological polar surface area (TPSA) is 749 Å². The Morgan fingerprint density at radius 3 is 1.36 bits per heavy atom. The fourth-order valence-corrected chi connectivity index (χ4v) is 13.7. The number of hydrogen-bond acceptors (Lipinski definition) is 44. The van der Waals surface area contributed by atoms with Crippen molar-refractivity contribution < 1.29 is 223 Å². The zero-order valence-electron chi connectivity index (χ0n) is 58.7. The summed E-state index contributed by atoms with van der Waals surface area (Å²) >= 11 is 0. The van der Waals surface area contributed by atoms with Gasteiger partial charge < -0.3 is 219 Å². The van der Waals surface area contributed by atoms with Crippen LogP contribution in [0.4, 0.5) is 0 Å². The first-order valence-corrected chi connectivity index (χ1v) is 34.6. The number of amides is 2. The second-order valence-corrected chi connectivity index (χ2v) is 27.8.